The minimum absolute atomic E-state index is 0.212. The zero-order valence-electron chi connectivity index (χ0n) is 14.1. The van der Waals surface area contributed by atoms with Crippen molar-refractivity contribution in [1.29, 1.82) is 0 Å². The van der Waals surface area contributed by atoms with Gasteiger partial charge in [0.15, 0.2) is 6.61 Å². The van der Waals surface area contributed by atoms with Crippen LogP contribution in [0.3, 0.4) is 0 Å². The molecule has 1 aliphatic heterocycles. The summed E-state index contributed by atoms with van der Waals surface area (Å²) < 4.78 is 31.5. The van der Waals surface area contributed by atoms with Crippen LogP contribution in [-0.2, 0) is 19.1 Å². The number of carbonyl (C=O) groups excluding carboxylic acids is 4. The monoisotopic (exact) mass is 369 g/mol. The fraction of sp³-hybridized carbons (Fsp3) is 0.375. The normalized spacial score (nSPS) is 15.6. The van der Waals surface area contributed by atoms with Crippen molar-refractivity contribution in [1.82, 2.24) is 10.2 Å². The van der Waals surface area contributed by atoms with Gasteiger partial charge >= 0.3 is 12.0 Å². The molecule has 1 aliphatic rings. The third-order valence-electron chi connectivity index (χ3n) is 3.58. The molecule has 2 N–H and O–H groups in total. The Balaban J connectivity index is 1.79. The van der Waals surface area contributed by atoms with Gasteiger partial charge in [-0.3, -0.25) is 19.3 Å². The molecule has 0 saturated carbocycles. The summed E-state index contributed by atoms with van der Waals surface area (Å²) in [5.74, 6) is -4.20. The quantitative estimate of drug-likeness (QED) is 0.579. The van der Waals surface area contributed by atoms with Gasteiger partial charge in [0.05, 0.1) is 6.42 Å². The molecule has 0 radical (unpaired) electrons. The SMILES string of the molecule is CC1(C)NC(=O)N(CCC(=O)OCC(=O)Nc2c(F)cccc2F)C1=O. The molecule has 0 atom stereocenters. The van der Waals surface area contributed by atoms with Gasteiger partial charge in [-0.25, -0.2) is 13.6 Å². The number of hydrogen-bond donors (Lipinski definition) is 2. The number of halogens is 2. The first-order valence-electron chi connectivity index (χ1n) is 7.65. The van der Waals surface area contributed by atoms with E-state index in [0.717, 1.165) is 23.1 Å². The largest absolute Gasteiger partial charge is 0.456 e. The number of nitrogens with one attached hydrogen (secondary N) is 2. The number of hydrogen-bond acceptors (Lipinski definition) is 5. The van der Waals surface area contributed by atoms with E-state index in [9.17, 15) is 28.0 Å². The number of urea groups is 1. The molecule has 0 spiro atoms. The first-order valence-corrected chi connectivity index (χ1v) is 7.65. The molecule has 0 bridgehead atoms. The minimum Gasteiger partial charge on any atom is -0.456 e. The van der Waals surface area contributed by atoms with Crippen molar-refractivity contribution in [3.8, 4) is 0 Å². The second kappa shape index (κ2) is 7.46. The summed E-state index contributed by atoms with van der Waals surface area (Å²) in [7, 11) is 0. The minimum atomic E-state index is -1.05. The Bertz CT molecular complexity index is 746. The van der Waals surface area contributed by atoms with Gasteiger partial charge in [-0.1, -0.05) is 6.07 Å². The second-order valence-electron chi connectivity index (χ2n) is 6.07. The van der Waals surface area contributed by atoms with Crippen molar-refractivity contribution < 1.29 is 32.7 Å². The number of ether oxygens (including phenoxy) is 1. The number of esters is 1. The van der Waals surface area contributed by atoms with Crippen LogP contribution in [0.25, 0.3) is 0 Å². The molecule has 0 aliphatic carbocycles. The van der Waals surface area contributed by atoms with E-state index >= 15 is 0 Å². The number of anilines is 1. The molecule has 4 amide bonds. The van der Waals surface area contributed by atoms with Gasteiger partial charge < -0.3 is 15.4 Å². The molecule has 2 rings (SSSR count). The molecule has 1 heterocycles. The van der Waals surface area contributed by atoms with Crippen LogP contribution in [0, 0.1) is 11.6 Å². The predicted octanol–water partition coefficient (Wildman–Crippen LogP) is 1.17. The lowest BCUT2D eigenvalue weighted by Gasteiger charge is -2.15. The highest BCUT2D eigenvalue weighted by atomic mass is 19.1. The summed E-state index contributed by atoms with van der Waals surface area (Å²) in [6, 6.07) is 2.44. The van der Waals surface area contributed by atoms with E-state index in [1.54, 1.807) is 0 Å². The predicted molar refractivity (Wildman–Crippen MR) is 84.9 cm³/mol. The topological polar surface area (TPSA) is 105 Å². The lowest BCUT2D eigenvalue weighted by molar-refractivity contribution is -0.147. The highest BCUT2D eigenvalue weighted by Gasteiger charge is 2.44. The molecular formula is C16H17F2N3O5. The lowest BCUT2D eigenvalue weighted by atomic mass is 10.1. The van der Waals surface area contributed by atoms with Crippen molar-refractivity contribution in [3.05, 3.63) is 29.8 Å². The number of imide groups is 1. The van der Waals surface area contributed by atoms with Crippen molar-refractivity contribution in [2.75, 3.05) is 18.5 Å². The summed E-state index contributed by atoms with van der Waals surface area (Å²) in [6.07, 6.45) is -0.323. The van der Waals surface area contributed by atoms with Crippen molar-refractivity contribution in [2.24, 2.45) is 0 Å². The van der Waals surface area contributed by atoms with E-state index in [4.69, 9.17) is 0 Å². The van der Waals surface area contributed by atoms with Gasteiger partial charge in [0, 0.05) is 6.54 Å². The maximum absolute atomic E-state index is 13.4. The number of para-hydroxylation sites is 1. The Kier molecular flexibility index (Phi) is 5.53. The number of rotatable bonds is 6. The Hall–Kier alpha value is -3.04. The molecular weight excluding hydrogens is 352 g/mol. The summed E-state index contributed by atoms with van der Waals surface area (Å²) in [6.45, 7) is 2.07. The van der Waals surface area contributed by atoms with Crippen LogP contribution < -0.4 is 10.6 Å². The van der Waals surface area contributed by atoms with E-state index < -0.39 is 53.3 Å². The highest BCUT2D eigenvalue weighted by molar-refractivity contribution is 6.06. The Morgan fingerprint density at radius 3 is 2.38 bits per heavy atom. The summed E-state index contributed by atoms with van der Waals surface area (Å²) in [5, 5.41) is 4.42. The number of benzene rings is 1. The highest BCUT2D eigenvalue weighted by Crippen LogP contribution is 2.18. The lowest BCUT2D eigenvalue weighted by Crippen LogP contribution is -2.40. The van der Waals surface area contributed by atoms with E-state index in [0.29, 0.717) is 0 Å². The molecule has 0 unspecified atom stereocenters. The van der Waals surface area contributed by atoms with Gasteiger partial charge in [0.2, 0.25) is 0 Å². The fourth-order valence-corrected chi connectivity index (χ4v) is 2.24. The zero-order valence-corrected chi connectivity index (χ0v) is 14.1. The van der Waals surface area contributed by atoms with Gasteiger partial charge in [0.1, 0.15) is 22.9 Å². The maximum atomic E-state index is 13.4. The summed E-state index contributed by atoms with van der Waals surface area (Å²) in [4.78, 5) is 47.7. The molecule has 0 aromatic heterocycles. The summed E-state index contributed by atoms with van der Waals surface area (Å²) in [5.41, 5.74) is -1.69. The summed E-state index contributed by atoms with van der Waals surface area (Å²) >= 11 is 0. The molecule has 8 nitrogen and oxygen atoms in total. The van der Waals surface area contributed by atoms with Crippen LogP contribution in [0.4, 0.5) is 19.3 Å². The van der Waals surface area contributed by atoms with Crippen molar-refractivity contribution in [2.45, 2.75) is 25.8 Å². The molecule has 10 heteroatoms. The zero-order chi connectivity index (χ0) is 19.5. The van der Waals surface area contributed by atoms with Crippen LogP contribution >= 0.6 is 0 Å². The molecule has 1 aromatic rings. The Morgan fingerprint density at radius 1 is 1.23 bits per heavy atom. The number of amides is 4. The maximum Gasteiger partial charge on any atom is 0.325 e. The van der Waals surface area contributed by atoms with Gasteiger partial charge in [-0.05, 0) is 26.0 Å². The Labute approximate surface area is 147 Å². The van der Waals surface area contributed by atoms with Crippen LogP contribution in [0.1, 0.15) is 20.3 Å². The van der Waals surface area contributed by atoms with Gasteiger partial charge in [-0.15, -0.1) is 0 Å². The Morgan fingerprint density at radius 2 is 1.85 bits per heavy atom. The molecule has 140 valence electrons. The van der Waals surface area contributed by atoms with E-state index in [1.165, 1.54) is 13.8 Å². The standard InChI is InChI=1S/C16H17F2N3O5/c1-16(2)14(24)21(15(25)20-16)7-6-12(23)26-8-11(22)19-13-9(17)4-3-5-10(13)18/h3-5H,6-8H2,1-2H3,(H,19,22)(H,20,25). The van der Waals surface area contributed by atoms with Crippen LogP contribution in [0.15, 0.2) is 18.2 Å². The molecule has 1 fully saturated rings. The van der Waals surface area contributed by atoms with Gasteiger partial charge in [0.25, 0.3) is 11.8 Å². The third-order valence-corrected chi connectivity index (χ3v) is 3.58. The smallest absolute Gasteiger partial charge is 0.325 e. The van der Waals surface area contributed by atoms with Crippen molar-refractivity contribution in [3.63, 3.8) is 0 Å². The average Bonchev–Trinajstić information content (AvgIpc) is 2.75. The second-order valence-corrected chi connectivity index (χ2v) is 6.07. The number of carbonyl (C=O) groups is 4. The van der Waals surface area contributed by atoms with Gasteiger partial charge in [-0.2, -0.15) is 0 Å². The van der Waals surface area contributed by atoms with E-state index in [-0.39, 0.29) is 13.0 Å². The number of nitrogens with zero attached hydrogens (tertiary/aromatic N) is 1. The van der Waals surface area contributed by atoms with Crippen molar-refractivity contribution >= 4 is 29.5 Å². The van der Waals surface area contributed by atoms with E-state index in [1.807, 2.05) is 5.32 Å². The van der Waals surface area contributed by atoms with Crippen LogP contribution in [0.5, 0.6) is 0 Å². The molecule has 1 saturated heterocycles. The third kappa shape index (κ3) is 4.32. The first-order chi connectivity index (χ1) is 12.1. The van der Waals surface area contributed by atoms with Crippen LogP contribution in [-0.4, -0.2) is 47.4 Å². The van der Waals surface area contributed by atoms with Crippen LogP contribution in [0.2, 0.25) is 0 Å². The molecule has 1 aromatic carbocycles. The molecule has 26 heavy (non-hydrogen) atoms. The first kappa shape index (κ1) is 19.3. The fourth-order valence-electron chi connectivity index (χ4n) is 2.24. The van der Waals surface area contributed by atoms with E-state index in [2.05, 4.69) is 10.1 Å². The average molecular weight is 369 g/mol.